The third kappa shape index (κ3) is 21.8. The lowest BCUT2D eigenvalue weighted by atomic mass is 30.9. The van der Waals surface area contributed by atoms with E-state index >= 15 is 0 Å². The fourth-order valence-electron chi connectivity index (χ4n) is 0. The zero-order valence-electron chi connectivity index (χ0n) is 1.96. The van der Waals surface area contributed by atoms with Gasteiger partial charge in [-0.1, -0.05) is 0 Å². The first-order chi connectivity index (χ1) is 2.00. The van der Waals surface area contributed by atoms with E-state index in [4.69, 9.17) is 0 Å². The number of hydrogen-bond acceptors (Lipinski definition) is 0. The molecular formula is Br4P+. The lowest BCUT2D eigenvalue weighted by Gasteiger charge is -1.77. The van der Waals surface area contributed by atoms with Crippen molar-refractivity contribution in [2.75, 3.05) is 0 Å². The van der Waals surface area contributed by atoms with Crippen molar-refractivity contribution in [3.63, 3.8) is 0 Å². The van der Waals surface area contributed by atoms with Crippen molar-refractivity contribution in [3.8, 4) is 0 Å². The Hall–Kier alpha value is 2.35. The van der Waals surface area contributed by atoms with Crippen molar-refractivity contribution in [2.45, 2.75) is 0 Å². The van der Waals surface area contributed by atoms with E-state index in [1.54, 1.807) is 0 Å². The van der Waals surface area contributed by atoms with E-state index in [1.165, 1.54) is 0 Å². The minimum Gasteiger partial charge on any atom is 0.178 e. The van der Waals surface area contributed by atoms with E-state index in [-0.39, 0.29) is 0 Å². The molecule has 0 atom stereocenters. The maximum Gasteiger partial charge on any atom is 0.287 e. The second-order valence-electron chi connectivity index (χ2n) is 0.383. The Morgan fingerprint density at radius 2 is 0.800 bits per heavy atom. The highest BCUT2D eigenvalue weighted by Crippen LogP contribution is 2.85. The summed E-state index contributed by atoms with van der Waals surface area (Å²) in [5.41, 5.74) is 0. The Morgan fingerprint density at radius 3 is 0.800 bits per heavy atom. The Labute approximate surface area is 63.4 Å². The van der Waals surface area contributed by atoms with Crippen LogP contribution < -0.4 is 0 Å². The molecule has 0 saturated carbocycles. The van der Waals surface area contributed by atoms with Crippen LogP contribution in [0.15, 0.2) is 0 Å². The highest BCUT2D eigenvalue weighted by Gasteiger charge is 2.23. The van der Waals surface area contributed by atoms with Crippen LogP contribution >= 0.6 is 64.0 Å². The van der Waals surface area contributed by atoms with Gasteiger partial charge >= 0.3 is 0 Å². The Kier molecular flexibility index (Phi) is 3.83. The topological polar surface area (TPSA) is 0 Å². The number of halogens is 4. The molecule has 0 nitrogen and oxygen atoms in total. The third-order valence-electron chi connectivity index (χ3n) is 0. The van der Waals surface area contributed by atoms with Gasteiger partial charge in [-0.2, -0.15) is 0 Å². The average molecular weight is 351 g/mol. The molecule has 0 aromatic heterocycles. The number of rotatable bonds is 0. The van der Waals surface area contributed by atoms with Gasteiger partial charge in [0.2, 0.25) is 0 Å². The third-order valence-corrected chi connectivity index (χ3v) is 0. The van der Waals surface area contributed by atoms with Gasteiger partial charge in [0.1, 0.15) is 0 Å². The van der Waals surface area contributed by atoms with Gasteiger partial charge in [-0.05, 0) is 0 Å². The minimum absolute atomic E-state index is 1.14. The van der Waals surface area contributed by atoms with Gasteiger partial charge in [-0.15, -0.1) is 0 Å². The van der Waals surface area contributed by atoms with Gasteiger partial charge in [0.05, 0.1) is 0 Å². The molecule has 0 fully saturated rings. The summed E-state index contributed by atoms with van der Waals surface area (Å²) in [6.07, 6.45) is 0. The van der Waals surface area contributed by atoms with Gasteiger partial charge in [0.25, 0.3) is 2.07 Å². The molecule has 0 amide bonds. The summed E-state index contributed by atoms with van der Waals surface area (Å²) in [6, 6.07) is 0. The summed E-state index contributed by atoms with van der Waals surface area (Å²) in [5.74, 6) is 0. The normalized spacial score (nSPS) is 12.0. The molecule has 32 valence electrons. The first kappa shape index (κ1) is 7.35. The monoisotopic (exact) mass is 347 g/mol. The predicted molar refractivity (Wildman–Crippen MR) is 42.6 cm³/mol. The van der Waals surface area contributed by atoms with Crippen LogP contribution in [0.4, 0.5) is 0 Å². The molecule has 0 aliphatic carbocycles. The van der Waals surface area contributed by atoms with Crippen molar-refractivity contribution >= 4 is 64.0 Å². The van der Waals surface area contributed by atoms with Gasteiger partial charge in [0.15, 0.2) is 62.0 Å². The molecule has 0 heterocycles. The van der Waals surface area contributed by atoms with Crippen LogP contribution in [-0.2, 0) is 0 Å². The van der Waals surface area contributed by atoms with E-state index in [2.05, 4.69) is 62.0 Å². The molecule has 0 aliphatic rings. The van der Waals surface area contributed by atoms with Crippen molar-refractivity contribution in [3.05, 3.63) is 0 Å². The van der Waals surface area contributed by atoms with E-state index in [0.29, 0.717) is 0 Å². The van der Waals surface area contributed by atoms with Crippen molar-refractivity contribution in [1.29, 1.82) is 0 Å². The zero-order chi connectivity index (χ0) is 4.50. The molecule has 0 rings (SSSR count). The van der Waals surface area contributed by atoms with Crippen LogP contribution in [0, 0.1) is 0 Å². The van der Waals surface area contributed by atoms with Crippen LogP contribution in [0.2, 0.25) is 0 Å². The fraction of sp³-hybridized carbons (Fsp3) is 0. The molecule has 5 heavy (non-hydrogen) atoms. The highest BCUT2D eigenvalue weighted by molar-refractivity contribution is 10.2. The molecule has 0 saturated heterocycles. The van der Waals surface area contributed by atoms with Gasteiger partial charge < -0.3 is 0 Å². The lowest BCUT2D eigenvalue weighted by molar-refractivity contribution is 5.69. The molecule has 0 aliphatic heterocycles. The first-order valence-corrected chi connectivity index (χ1v) is 10.5. The van der Waals surface area contributed by atoms with Gasteiger partial charge in [0, 0.05) is 0 Å². The SMILES string of the molecule is Br[P+](Br)(Br)Br. The summed E-state index contributed by atoms with van der Waals surface area (Å²) >= 11 is 12.9. The summed E-state index contributed by atoms with van der Waals surface area (Å²) < 4.78 is -1.14. The molecule has 0 aromatic carbocycles. The average Bonchev–Trinajstić information content (AvgIpc) is 0.722. The van der Waals surface area contributed by atoms with Crippen LogP contribution in [0.25, 0.3) is 0 Å². The smallest absolute Gasteiger partial charge is 0.178 e. The second-order valence-corrected chi connectivity index (χ2v) is 31.0. The van der Waals surface area contributed by atoms with Crippen LogP contribution in [0.1, 0.15) is 0 Å². The quantitative estimate of drug-likeness (QED) is 0.573. The van der Waals surface area contributed by atoms with E-state index in [1.807, 2.05) is 0 Å². The summed E-state index contributed by atoms with van der Waals surface area (Å²) in [7, 11) is 0. The molecule has 0 N–H and O–H groups in total. The highest BCUT2D eigenvalue weighted by atomic mass is 80.0. The minimum atomic E-state index is -1.14. The lowest BCUT2D eigenvalue weighted by Crippen LogP contribution is -1.15. The summed E-state index contributed by atoms with van der Waals surface area (Å²) in [4.78, 5) is 0. The van der Waals surface area contributed by atoms with Crippen molar-refractivity contribution < 1.29 is 0 Å². The van der Waals surface area contributed by atoms with Crippen molar-refractivity contribution in [2.24, 2.45) is 0 Å². The largest absolute Gasteiger partial charge is 0.287 e. The van der Waals surface area contributed by atoms with E-state index in [0.717, 1.165) is 0 Å². The van der Waals surface area contributed by atoms with E-state index < -0.39 is 2.07 Å². The Morgan fingerprint density at radius 1 is 0.800 bits per heavy atom. The molecule has 0 unspecified atom stereocenters. The second kappa shape index (κ2) is 2.61. The maximum absolute atomic E-state index is 3.24. The van der Waals surface area contributed by atoms with E-state index in [9.17, 15) is 0 Å². The Balaban J connectivity index is 3.02. The fourth-order valence-corrected chi connectivity index (χ4v) is 0. The summed E-state index contributed by atoms with van der Waals surface area (Å²) in [6.45, 7) is 0. The maximum atomic E-state index is 3.24. The predicted octanol–water partition coefficient (Wildman–Crippen LogP) is 4.24. The first-order valence-electron chi connectivity index (χ1n) is 0.676. The molecule has 5 heteroatoms. The standard InChI is InChI=1S/Br4P/c1-5(2,3)4/q+1. The Bertz CT molecular complexity index is 19.1. The molecular weight excluding hydrogens is 351 g/mol. The zero-order valence-corrected chi connectivity index (χ0v) is 9.20. The van der Waals surface area contributed by atoms with Crippen molar-refractivity contribution in [1.82, 2.24) is 0 Å². The molecule has 0 spiro atoms. The van der Waals surface area contributed by atoms with Gasteiger partial charge in [-0.3, -0.25) is 0 Å². The number of hydrogen-bond donors (Lipinski definition) is 0. The van der Waals surface area contributed by atoms with Gasteiger partial charge in [-0.25, -0.2) is 0 Å². The molecule has 0 bridgehead atoms. The van der Waals surface area contributed by atoms with Crippen LogP contribution in [0.3, 0.4) is 0 Å². The molecule has 0 radical (unpaired) electrons. The van der Waals surface area contributed by atoms with Crippen LogP contribution in [-0.4, -0.2) is 0 Å². The summed E-state index contributed by atoms with van der Waals surface area (Å²) in [5, 5.41) is 0. The molecule has 0 aromatic rings. The van der Waals surface area contributed by atoms with Crippen LogP contribution in [0.5, 0.6) is 0 Å².